The predicted molar refractivity (Wildman–Crippen MR) is 57.9 cm³/mol. The largest absolute Gasteiger partial charge is 0.396 e. The van der Waals surface area contributed by atoms with Crippen LogP contribution in [-0.4, -0.2) is 20.8 Å². The standard InChI is InChI=1S/C11H18N2O2/c14-9-3-1-2-6-12-7-8-13(11(12)15)10-4-5-10/h7-8,10,14H,1-6,9H2. The highest BCUT2D eigenvalue weighted by Gasteiger charge is 2.25. The van der Waals surface area contributed by atoms with Gasteiger partial charge in [0.05, 0.1) is 0 Å². The molecule has 84 valence electrons. The maximum Gasteiger partial charge on any atom is 0.328 e. The number of aliphatic hydroxyl groups excluding tert-OH is 1. The van der Waals surface area contributed by atoms with Gasteiger partial charge < -0.3 is 5.11 Å². The number of rotatable bonds is 6. The van der Waals surface area contributed by atoms with Crippen LogP contribution in [0.25, 0.3) is 0 Å². The molecule has 1 fully saturated rings. The first-order valence-electron chi connectivity index (χ1n) is 5.71. The molecule has 0 bridgehead atoms. The van der Waals surface area contributed by atoms with E-state index in [1.165, 1.54) is 0 Å². The normalized spacial score (nSPS) is 15.8. The van der Waals surface area contributed by atoms with Gasteiger partial charge in [-0.15, -0.1) is 0 Å². The smallest absolute Gasteiger partial charge is 0.328 e. The molecule has 0 atom stereocenters. The van der Waals surface area contributed by atoms with Gasteiger partial charge in [-0.2, -0.15) is 0 Å². The maximum atomic E-state index is 11.8. The Morgan fingerprint density at radius 2 is 2.07 bits per heavy atom. The van der Waals surface area contributed by atoms with E-state index in [1.54, 1.807) is 4.57 Å². The van der Waals surface area contributed by atoms with Crippen molar-refractivity contribution in [2.45, 2.75) is 44.7 Å². The van der Waals surface area contributed by atoms with Gasteiger partial charge in [-0.05, 0) is 32.1 Å². The highest BCUT2D eigenvalue weighted by atomic mass is 16.2. The number of imidazole rings is 1. The molecule has 0 aliphatic heterocycles. The van der Waals surface area contributed by atoms with Gasteiger partial charge >= 0.3 is 5.69 Å². The Kier molecular flexibility index (Phi) is 3.26. The van der Waals surface area contributed by atoms with Crippen LogP contribution in [0, 0.1) is 0 Å². The molecular weight excluding hydrogens is 192 g/mol. The molecule has 0 aromatic carbocycles. The molecule has 0 saturated heterocycles. The Morgan fingerprint density at radius 1 is 1.27 bits per heavy atom. The fourth-order valence-electron chi connectivity index (χ4n) is 1.80. The molecule has 1 heterocycles. The molecule has 1 aromatic heterocycles. The lowest BCUT2D eigenvalue weighted by atomic mass is 10.2. The lowest BCUT2D eigenvalue weighted by molar-refractivity contribution is 0.281. The topological polar surface area (TPSA) is 47.2 Å². The second kappa shape index (κ2) is 4.66. The minimum Gasteiger partial charge on any atom is -0.396 e. The van der Waals surface area contributed by atoms with E-state index in [2.05, 4.69) is 0 Å². The summed E-state index contributed by atoms with van der Waals surface area (Å²) >= 11 is 0. The summed E-state index contributed by atoms with van der Waals surface area (Å²) in [5.41, 5.74) is 0.126. The second-order valence-electron chi connectivity index (χ2n) is 4.20. The quantitative estimate of drug-likeness (QED) is 0.716. The van der Waals surface area contributed by atoms with Gasteiger partial charge in [0.1, 0.15) is 0 Å². The summed E-state index contributed by atoms with van der Waals surface area (Å²) in [6, 6.07) is 0.469. The van der Waals surface area contributed by atoms with Crippen molar-refractivity contribution in [3.8, 4) is 0 Å². The van der Waals surface area contributed by atoms with Crippen molar-refractivity contribution in [2.75, 3.05) is 6.61 Å². The van der Waals surface area contributed by atoms with E-state index in [0.717, 1.165) is 38.6 Å². The van der Waals surface area contributed by atoms with Gasteiger partial charge in [0, 0.05) is 31.6 Å². The summed E-state index contributed by atoms with van der Waals surface area (Å²) in [5, 5.41) is 8.63. The summed E-state index contributed by atoms with van der Waals surface area (Å²) in [5.74, 6) is 0. The number of aromatic nitrogens is 2. The zero-order valence-electron chi connectivity index (χ0n) is 8.93. The number of hydrogen-bond acceptors (Lipinski definition) is 2. The zero-order chi connectivity index (χ0) is 10.7. The summed E-state index contributed by atoms with van der Waals surface area (Å²) in [7, 11) is 0. The third-order valence-corrected chi connectivity index (χ3v) is 2.87. The Balaban J connectivity index is 1.88. The zero-order valence-corrected chi connectivity index (χ0v) is 8.93. The van der Waals surface area contributed by atoms with E-state index in [1.807, 2.05) is 17.0 Å². The van der Waals surface area contributed by atoms with Crippen LogP contribution in [0.1, 0.15) is 38.1 Å². The van der Waals surface area contributed by atoms with E-state index in [0.29, 0.717) is 6.04 Å². The molecule has 0 spiro atoms. The SMILES string of the molecule is O=c1n(CCCCCO)ccn1C1CC1. The van der Waals surface area contributed by atoms with Gasteiger partial charge in [0.2, 0.25) is 0 Å². The van der Waals surface area contributed by atoms with E-state index in [9.17, 15) is 4.79 Å². The molecule has 0 amide bonds. The molecule has 1 N–H and O–H groups in total. The fourth-order valence-corrected chi connectivity index (χ4v) is 1.80. The first-order chi connectivity index (χ1) is 7.33. The van der Waals surface area contributed by atoms with Crippen molar-refractivity contribution in [1.82, 2.24) is 9.13 Å². The molecule has 4 heteroatoms. The minimum absolute atomic E-state index is 0.126. The van der Waals surface area contributed by atoms with Crippen LogP contribution in [0.4, 0.5) is 0 Å². The second-order valence-corrected chi connectivity index (χ2v) is 4.20. The Labute approximate surface area is 89.1 Å². The highest BCUT2D eigenvalue weighted by molar-refractivity contribution is 4.91. The Hall–Kier alpha value is -1.03. The van der Waals surface area contributed by atoms with Crippen LogP contribution in [-0.2, 0) is 6.54 Å². The van der Waals surface area contributed by atoms with Crippen molar-refractivity contribution in [1.29, 1.82) is 0 Å². The van der Waals surface area contributed by atoms with Crippen LogP contribution in [0.15, 0.2) is 17.2 Å². The number of hydrogen-bond donors (Lipinski definition) is 1. The number of aryl methyl sites for hydroxylation is 1. The highest BCUT2D eigenvalue weighted by Crippen LogP contribution is 2.33. The van der Waals surface area contributed by atoms with Crippen molar-refractivity contribution in [3.63, 3.8) is 0 Å². The molecule has 1 aromatic rings. The third kappa shape index (κ3) is 2.50. The van der Waals surface area contributed by atoms with E-state index < -0.39 is 0 Å². The first-order valence-corrected chi connectivity index (χ1v) is 5.71. The summed E-state index contributed by atoms with van der Waals surface area (Å²) < 4.78 is 3.61. The van der Waals surface area contributed by atoms with Gasteiger partial charge in [-0.25, -0.2) is 4.79 Å². The summed E-state index contributed by atoms with van der Waals surface area (Å²) in [6.07, 6.45) is 8.85. The minimum atomic E-state index is 0.126. The lowest BCUT2D eigenvalue weighted by Crippen LogP contribution is -2.23. The molecule has 1 aliphatic carbocycles. The Bertz CT molecular complexity index is 363. The van der Waals surface area contributed by atoms with E-state index in [-0.39, 0.29) is 12.3 Å². The van der Waals surface area contributed by atoms with Crippen molar-refractivity contribution >= 4 is 0 Å². The van der Waals surface area contributed by atoms with Crippen LogP contribution in [0.5, 0.6) is 0 Å². The summed E-state index contributed by atoms with van der Waals surface area (Å²) in [6.45, 7) is 1.02. The van der Waals surface area contributed by atoms with Gasteiger partial charge in [0.25, 0.3) is 0 Å². The monoisotopic (exact) mass is 210 g/mol. The number of unbranched alkanes of at least 4 members (excludes halogenated alkanes) is 2. The number of aliphatic hydroxyl groups is 1. The molecule has 2 rings (SSSR count). The maximum absolute atomic E-state index is 11.8. The molecule has 0 unspecified atom stereocenters. The average molecular weight is 210 g/mol. The molecule has 15 heavy (non-hydrogen) atoms. The number of nitrogens with zero attached hydrogens (tertiary/aromatic N) is 2. The molecule has 1 aliphatic rings. The third-order valence-electron chi connectivity index (χ3n) is 2.87. The lowest BCUT2D eigenvalue weighted by Gasteiger charge is -2.00. The van der Waals surface area contributed by atoms with E-state index in [4.69, 9.17) is 5.11 Å². The molecular formula is C11H18N2O2. The van der Waals surface area contributed by atoms with Gasteiger partial charge in [-0.1, -0.05) is 0 Å². The van der Waals surface area contributed by atoms with Crippen molar-refractivity contribution in [3.05, 3.63) is 22.9 Å². The molecule has 1 saturated carbocycles. The predicted octanol–water partition coefficient (Wildman–Crippen LogP) is 1.15. The van der Waals surface area contributed by atoms with Crippen LogP contribution >= 0.6 is 0 Å². The van der Waals surface area contributed by atoms with Crippen LogP contribution < -0.4 is 5.69 Å². The van der Waals surface area contributed by atoms with Crippen LogP contribution in [0.3, 0.4) is 0 Å². The van der Waals surface area contributed by atoms with Crippen molar-refractivity contribution in [2.24, 2.45) is 0 Å². The van der Waals surface area contributed by atoms with Crippen molar-refractivity contribution < 1.29 is 5.11 Å². The van der Waals surface area contributed by atoms with Crippen LogP contribution in [0.2, 0.25) is 0 Å². The van der Waals surface area contributed by atoms with Gasteiger partial charge in [-0.3, -0.25) is 9.13 Å². The summed E-state index contributed by atoms with van der Waals surface area (Å²) in [4.78, 5) is 11.8. The van der Waals surface area contributed by atoms with E-state index >= 15 is 0 Å². The fraction of sp³-hybridized carbons (Fsp3) is 0.727. The van der Waals surface area contributed by atoms with Gasteiger partial charge in [0.15, 0.2) is 0 Å². The Morgan fingerprint density at radius 3 is 2.73 bits per heavy atom. The molecule has 4 nitrogen and oxygen atoms in total. The average Bonchev–Trinajstić information content (AvgIpc) is 3.00. The first kappa shape index (κ1) is 10.5. The molecule has 0 radical (unpaired) electrons.